The van der Waals surface area contributed by atoms with Crippen molar-refractivity contribution in [3.8, 4) is 11.5 Å². The van der Waals surface area contributed by atoms with Crippen molar-refractivity contribution in [1.82, 2.24) is 9.80 Å². The molecule has 2 saturated heterocycles. The summed E-state index contributed by atoms with van der Waals surface area (Å²) >= 11 is 0. The summed E-state index contributed by atoms with van der Waals surface area (Å²) in [6, 6.07) is 11.7. The lowest BCUT2D eigenvalue weighted by Gasteiger charge is -2.29. The average molecular weight is 533 g/mol. The van der Waals surface area contributed by atoms with Crippen LogP contribution in [-0.2, 0) is 14.3 Å². The van der Waals surface area contributed by atoms with Crippen molar-refractivity contribution in [3.63, 3.8) is 0 Å². The van der Waals surface area contributed by atoms with E-state index in [1.165, 1.54) is 0 Å². The van der Waals surface area contributed by atoms with Gasteiger partial charge in [-0.25, -0.2) is 0 Å². The fraction of sp³-hybridized carbons (Fsp3) is 0.355. The van der Waals surface area contributed by atoms with Crippen LogP contribution in [0.4, 0.5) is 0 Å². The molecule has 0 radical (unpaired) electrons. The van der Waals surface area contributed by atoms with E-state index in [4.69, 9.17) is 14.2 Å². The van der Waals surface area contributed by atoms with Crippen LogP contribution in [0.15, 0.2) is 73.3 Å². The van der Waals surface area contributed by atoms with Crippen molar-refractivity contribution in [2.75, 3.05) is 52.6 Å². The van der Waals surface area contributed by atoms with Gasteiger partial charge < -0.3 is 24.2 Å². The second-order valence-electron chi connectivity index (χ2n) is 9.55. The fourth-order valence-electron chi connectivity index (χ4n) is 4.94. The van der Waals surface area contributed by atoms with Crippen LogP contribution < -0.4 is 9.47 Å². The van der Waals surface area contributed by atoms with E-state index in [2.05, 4.69) is 18.1 Å². The van der Waals surface area contributed by atoms with Crippen LogP contribution in [0.25, 0.3) is 5.76 Å². The molecule has 0 saturated carbocycles. The normalized spacial score (nSPS) is 19.2. The van der Waals surface area contributed by atoms with Crippen LogP contribution in [0.1, 0.15) is 29.2 Å². The van der Waals surface area contributed by atoms with Gasteiger partial charge in [0.1, 0.15) is 30.5 Å². The zero-order chi connectivity index (χ0) is 27.8. The second kappa shape index (κ2) is 13.3. The van der Waals surface area contributed by atoms with E-state index in [0.29, 0.717) is 56.5 Å². The maximum absolute atomic E-state index is 13.4. The number of likely N-dealkylation sites (tertiary alicyclic amines) is 1. The Morgan fingerprint density at radius 3 is 2.28 bits per heavy atom. The third-order valence-corrected chi connectivity index (χ3v) is 6.90. The van der Waals surface area contributed by atoms with E-state index in [1.807, 2.05) is 19.1 Å². The summed E-state index contributed by atoms with van der Waals surface area (Å²) < 4.78 is 16.6. The lowest BCUT2D eigenvalue weighted by Crippen LogP contribution is -2.38. The van der Waals surface area contributed by atoms with Crippen LogP contribution in [-0.4, -0.2) is 79.2 Å². The molecular formula is C31H36N2O6. The van der Waals surface area contributed by atoms with Gasteiger partial charge in [0.05, 0.1) is 24.8 Å². The number of hydrogen-bond acceptors (Lipinski definition) is 7. The van der Waals surface area contributed by atoms with Crippen LogP contribution >= 0.6 is 0 Å². The molecule has 2 aromatic rings. The topological polar surface area (TPSA) is 88.5 Å². The third-order valence-electron chi connectivity index (χ3n) is 6.90. The minimum atomic E-state index is -0.723. The molecule has 0 spiro atoms. The molecular weight excluding hydrogens is 496 g/mol. The number of nitrogens with zero attached hydrogens (tertiary/aromatic N) is 2. The first-order chi connectivity index (χ1) is 18.9. The van der Waals surface area contributed by atoms with Crippen LogP contribution in [0.5, 0.6) is 11.5 Å². The lowest BCUT2D eigenvalue weighted by atomic mass is 9.93. The number of Topliss-reactive ketones (excluding diaryl/α,β-unsaturated/α-hetero) is 1. The molecule has 8 nitrogen and oxygen atoms in total. The molecule has 0 aromatic heterocycles. The zero-order valence-electron chi connectivity index (χ0n) is 22.4. The number of rotatable bonds is 12. The molecule has 0 unspecified atom stereocenters. The van der Waals surface area contributed by atoms with Gasteiger partial charge in [0.15, 0.2) is 0 Å². The largest absolute Gasteiger partial charge is 0.507 e. The van der Waals surface area contributed by atoms with Gasteiger partial charge in [0, 0.05) is 31.7 Å². The summed E-state index contributed by atoms with van der Waals surface area (Å²) in [6.07, 6.45) is 4.00. The molecule has 4 rings (SSSR count). The minimum Gasteiger partial charge on any atom is -0.507 e. The SMILES string of the molecule is C=CCOc1ccc([C@@H]2C(=C(O)c3ccc(OCC=C)cc3C)C(=O)C(=O)N2CCCN2CCOCC2)cc1. The molecule has 2 aromatic carbocycles. The molecule has 8 heteroatoms. The molecule has 206 valence electrons. The smallest absolute Gasteiger partial charge is 0.295 e. The maximum atomic E-state index is 13.4. The van der Waals surface area contributed by atoms with Crippen molar-refractivity contribution < 1.29 is 28.9 Å². The summed E-state index contributed by atoms with van der Waals surface area (Å²) in [5.41, 5.74) is 1.99. The molecule has 2 aliphatic heterocycles. The van der Waals surface area contributed by atoms with Gasteiger partial charge in [-0.05, 0) is 54.8 Å². The molecule has 2 aliphatic rings. The van der Waals surface area contributed by atoms with Gasteiger partial charge in [-0.2, -0.15) is 0 Å². The molecule has 0 aliphatic carbocycles. The molecule has 2 fully saturated rings. The summed E-state index contributed by atoms with van der Waals surface area (Å²) in [5, 5.41) is 11.5. The number of aliphatic hydroxyl groups excluding tert-OH is 1. The second-order valence-corrected chi connectivity index (χ2v) is 9.55. The monoisotopic (exact) mass is 532 g/mol. The predicted molar refractivity (Wildman–Crippen MR) is 150 cm³/mol. The van der Waals surface area contributed by atoms with Crippen molar-refractivity contribution in [2.45, 2.75) is 19.4 Å². The highest BCUT2D eigenvalue weighted by atomic mass is 16.5. The highest BCUT2D eigenvalue weighted by molar-refractivity contribution is 6.46. The standard InChI is InChI=1S/C31H36N2O6/c1-4-17-38-24-9-7-23(8-10-24)28-27(29(34)26-12-11-25(21-22(26)3)39-18-5-2)30(35)31(36)33(28)14-6-13-32-15-19-37-20-16-32/h4-5,7-12,21,28,34H,1-2,6,13-20H2,3H3/t28-/m1/s1. The maximum Gasteiger partial charge on any atom is 0.295 e. The average Bonchev–Trinajstić information content (AvgIpc) is 3.20. The van der Waals surface area contributed by atoms with Crippen LogP contribution in [0.3, 0.4) is 0 Å². The Morgan fingerprint density at radius 2 is 1.64 bits per heavy atom. The summed E-state index contributed by atoms with van der Waals surface area (Å²) in [4.78, 5) is 30.6. The van der Waals surface area contributed by atoms with Gasteiger partial charge in [-0.15, -0.1) is 0 Å². The quantitative estimate of drug-likeness (QED) is 0.189. The van der Waals surface area contributed by atoms with E-state index in [-0.39, 0.29) is 11.3 Å². The molecule has 39 heavy (non-hydrogen) atoms. The highest BCUT2D eigenvalue weighted by Crippen LogP contribution is 2.40. The van der Waals surface area contributed by atoms with E-state index in [1.54, 1.807) is 47.4 Å². The number of ketones is 1. The number of benzene rings is 2. The molecule has 1 N–H and O–H groups in total. The van der Waals surface area contributed by atoms with Gasteiger partial charge in [0.25, 0.3) is 11.7 Å². The van der Waals surface area contributed by atoms with Crippen LogP contribution in [0.2, 0.25) is 0 Å². The fourth-order valence-corrected chi connectivity index (χ4v) is 4.94. The van der Waals surface area contributed by atoms with Gasteiger partial charge in [-0.3, -0.25) is 14.5 Å². The Morgan fingerprint density at radius 1 is 1.00 bits per heavy atom. The Hall–Kier alpha value is -3.88. The first kappa shape index (κ1) is 28.1. The molecule has 1 atom stereocenters. The van der Waals surface area contributed by atoms with Crippen molar-refractivity contribution in [1.29, 1.82) is 0 Å². The van der Waals surface area contributed by atoms with E-state index in [0.717, 1.165) is 30.8 Å². The summed E-state index contributed by atoms with van der Waals surface area (Å²) in [7, 11) is 0. The van der Waals surface area contributed by atoms with Crippen molar-refractivity contribution in [3.05, 3.63) is 90.0 Å². The van der Waals surface area contributed by atoms with E-state index < -0.39 is 17.7 Å². The lowest BCUT2D eigenvalue weighted by molar-refractivity contribution is -0.140. The number of aryl methyl sites for hydroxylation is 1. The summed E-state index contributed by atoms with van der Waals surface area (Å²) in [6.45, 7) is 14.1. The van der Waals surface area contributed by atoms with E-state index >= 15 is 0 Å². The molecule has 2 heterocycles. The number of hydrogen-bond donors (Lipinski definition) is 1. The Balaban J connectivity index is 1.67. The number of amides is 1. The first-order valence-corrected chi connectivity index (χ1v) is 13.2. The number of ether oxygens (including phenoxy) is 3. The van der Waals surface area contributed by atoms with E-state index in [9.17, 15) is 14.7 Å². The Kier molecular flexibility index (Phi) is 9.57. The minimum absolute atomic E-state index is 0.0778. The first-order valence-electron chi connectivity index (χ1n) is 13.2. The number of morpholine rings is 1. The molecule has 1 amide bonds. The number of aliphatic hydroxyl groups is 1. The van der Waals surface area contributed by atoms with Gasteiger partial charge >= 0.3 is 0 Å². The van der Waals surface area contributed by atoms with Gasteiger partial charge in [-0.1, -0.05) is 37.4 Å². The number of carbonyl (C=O) groups excluding carboxylic acids is 2. The molecule has 0 bridgehead atoms. The van der Waals surface area contributed by atoms with Crippen molar-refractivity contribution in [2.24, 2.45) is 0 Å². The zero-order valence-corrected chi connectivity index (χ0v) is 22.4. The number of carbonyl (C=O) groups is 2. The van der Waals surface area contributed by atoms with Gasteiger partial charge in [0.2, 0.25) is 0 Å². The summed E-state index contributed by atoms with van der Waals surface area (Å²) in [5.74, 6) is -0.233. The third kappa shape index (κ3) is 6.58. The van der Waals surface area contributed by atoms with Crippen LogP contribution in [0, 0.1) is 6.92 Å². The Bertz CT molecular complexity index is 1230. The Labute approximate surface area is 229 Å². The predicted octanol–water partition coefficient (Wildman–Crippen LogP) is 4.27. The van der Waals surface area contributed by atoms with Crippen molar-refractivity contribution >= 4 is 17.4 Å². The highest BCUT2D eigenvalue weighted by Gasteiger charge is 2.46.